The maximum Gasteiger partial charge on any atom is 0.238 e. The van der Waals surface area contributed by atoms with Crippen molar-refractivity contribution < 1.29 is 13.2 Å². The molecule has 0 saturated carbocycles. The lowest BCUT2D eigenvalue weighted by Gasteiger charge is -2.09. The molecule has 0 aliphatic rings. The van der Waals surface area contributed by atoms with Crippen LogP contribution in [0.5, 0.6) is 11.5 Å². The minimum absolute atomic E-state index is 0.0946. The van der Waals surface area contributed by atoms with E-state index in [-0.39, 0.29) is 4.90 Å². The van der Waals surface area contributed by atoms with Crippen molar-refractivity contribution in [3.63, 3.8) is 0 Å². The number of aryl methyl sites for hydroxylation is 2. The number of hydrogen-bond acceptors (Lipinski definition) is 3. The summed E-state index contributed by atoms with van der Waals surface area (Å²) in [6.07, 6.45) is 0. The molecule has 0 fully saturated rings. The van der Waals surface area contributed by atoms with Crippen molar-refractivity contribution in [1.82, 2.24) is 0 Å². The fraction of sp³-hybridized carbons (Fsp3) is 0.143. The highest BCUT2D eigenvalue weighted by Crippen LogP contribution is 2.28. The van der Waals surface area contributed by atoms with Crippen molar-refractivity contribution in [3.8, 4) is 11.5 Å². The Labute approximate surface area is 123 Å². The summed E-state index contributed by atoms with van der Waals surface area (Å²) in [6.45, 7) is 3.55. The van der Waals surface area contributed by atoms with Gasteiger partial charge in [0.25, 0.3) is 0 Å². The summed E-state index contributed by atoms with van der Waals surface area (Å²) in [7, 11) is -3.71. The SMILES string of the molecule is Cc1cc(Oc2ccc(S(N)(=O)=O)c(C)c2)ccc1Cl. The Morgan fingerprint density at radius 2 is 1.55 bits per heavy atom. The molecule has 0 aromatic heterocycles. The zero-order chi connectivity index (χ0) is 14.9. The molecule has 0 amide bonds. The van der Waals surface area contributed by atoms with Gasteiger partial charge in [-0.15, -0.1) is 0 Å². The van der Waals surface area contributed by atoms with Gasteiger partial charge in [0.15, 0.2) is 0 Å². The minimum atomic E-state index is -3.71. The molecular weight excluding hydrogens is 298 g/mol. The number of hydrogen-bond donors (Lipinski definition) is 1. The Bertz CT molecular complexity index is 757. The number of halogens is 1. The topological polar surface area (TPSA) is 69.4 Å². The van der Waals surface area contributed by atoms with E-state index in [9.17, 15) is 8.42 Å². The Balaban J connectivity index is 2.31. The van der Waals surface area contributed by atoms with Gasteiger partial charge in [0.05, 0.1) is 4.90 Å². The molecule has 2 N–H and O–H groups in total. The van der Waals surface area contributed by atoms with E-state index in [4.69, 9.17) is 21.5 Å². The van der Waals surface area contributed by atoms with Crippen LogP contribution in [0.4, 0.5) is 0 Å². The fourth-order valence-corrected chi connectivity index (χ4v) is 2.70. The minimum Gasteiger partial charge on any atom is -0.457 e. The first kappa shape index (κ1) is 14.8. The van der Waals surface area contributed by atoms with Crippen molar-refractivity contribution in [1.29, 1.82) is 0 Å². The molecule has 0 saturated heterocycles. The number of primary sulfonamides is 1. The summed E-state index contributed by atoms with van der Waals surface area (Å²) in [4.78, 5) is 0.0946. The van der Waals surface area contributed by atoms with Gasteiger partial charge >= 0.3 is 0 Å². The van der Waals surface area contributed by atoms with E-state index in [1.165, 1.54) is 6.07 Å². The first-order valence-corrected chi connectivity index (χ1v) is 7.77. The van der Waals surface area contributed by atoms with Crippen molar-refractivity contribution >= 4 is 21.6 Å². The molecule has 2 rings (SSSR count). The lowest BCUT2D eigenvalue weighted by Crippen LogP contribution is -2.13. The molecule has 0 unspecified atom stereocenters. The van der Waals surface area contributed by atoms with Gasteiger partial charge in [-0.25, -0.2) is 13.6 Å². The molecule has 106 valence electrons. The van der Waals surface area contributed by atoms with Crippen LogP contribution in [0.1, 0.15) is 11.1 Å². The van der Waals surface area contributed by atoms with Crippen molar-refractivity contribution in [2.75, 3.05) is 0 Å². The Hall–Kier alpha value is -1.56. The maximum atomic E-state index is 11.3. The quantitative estimate of drug-likeness (QED) is 0.944. The van der Waals surface area contributed by atoms with E-state index in [1.807, 2.05) is 13.0 Å². The predicted octanol–water partition coefficient (Wildman–Crippen LogP) is 3.40. The average Bonchev–Trinajstić information content (AvgIpc) is 2.32. The van der Waals surface area contributed by atoms with Gasteiger partial charge in [-0.05, 0) is 61.4 Å². The van der Waals surface area contributed by atoms with Crippen LogP contribution >= 0.6 is 11.6 Å². The van der Waals surface area contributed by atoms with E-state index in [0.717, 1.165) is 5.56 Å². The maximum absolute atomic E-state index is 11.3. The molecule has 2 aromatic carbocycles. The second-order valence-corrected chi connectivity index (χ2v) is 6.42. The normalized spacial score (nSPS) is 11.4. The van der Waals surface area contributed by atoms with Crippen LogP contribution in [0.2, 0.25) is 5.02 Å². The molecule has 4 nitrogen and oxygen atoms in total. The lowest BCUT2D eigenvalue weighted by atomic mass is 10.2. The third-order valence-electron chi connectivity index (χ3n) is 2.82. The molecular formula is C14H14ClNO3S. The molecule has 0 bridgehead atoms. The van der Waals surface area contributed by atoms with Gasteiger partial charge in [0.1, 0.15) is 11.5 Å². The summed E-state index contributed by atoms with van der Waals surface area (Å²) >= 11 is 5.94. The van der Waals surface area contributed by atoms with E-state index >= 15 is 0 Å². The van der Waals surface area contributed by atoms with Gasteiger partial charge in [-0.1, -0.05) is 11.6 Å². The summed E-state index contributed by atoms with van der Waals surface area (Å²) in [5, 5.41) is 5.78. The van der Waals surface area contributed by atoms with Crippen LogP contribution in [-0.2, 0) is 10.0 Å². The van der Waals surface area contributed by atoms with Crippen LogP contribution < -0.4 is 9.88 Å². The predicted molar refractivity (Wildman–Crippen MR) is 78.8 cm³/mol. The first-order chi connectivity index (χ1) is 9.27. The highest BCUT2D eigenvalue weighted by atomic mass is 35.5. The molecule has 20 heavy (non-hydrogen) atoms. The molecule has 2 aromatic rings. The van der Waals surface area contributed by atoms with Gasteiger partial charge < -0.3 is 4.74 Å². The summed E-state index contributed by atoms with van der Waals surface area (Å²) in [5.74, 6) is 1.17. The third kappa shape index (κ3) is 3.30. The van der Waals surface area contributed by atoms with Crippen LogP contribution in [0, 0.1) is 13.8 Å². The molecule has 0 radical (unpaired) electrons. The van der Waals surface area contributed by atoms with E-state index in [1.54, 1.807) is 31.2 Å². The van der Waals surface area contributed by atoms with Crippen LogP contribution in [-0.4, -0.2) is 8.42 Å². The van der Waals surface area contributed by atoms with E-state index in [2.05, 4.69) is 0 Å². The van der Waals surface area contributed by atoms with Gasteiger partial charge in [0, 0.05) is 5.02 Å². The zero-order valence-electron chi connectivity index (χ0n) is 11.1. The molecule has 6 heteroatoms. The smallest absolute Gasteiger partial charge is 0.238 e. The second-order valence-electron chi connectivity index (χ2n) is 4.49. The molecule has 0 atom stereocenters. The van der Waals surface area contributed by atoms with Crippen LogP contribution in [0.3, 0.4) is 0 Å². The van der Waals surface area contributed by atoms with Crippen molar-refractivity contribution in [2.24, 2.45) is 5.14 Å². The summed E-state index contributed by atoms with van der Waals surface area (Å²) < 4.78 is 28.3. The van der Waals surface area contributed by atoms with Crippen molar-refractivity contribution in [2.45, 2.75) is 18.7 Å². The number of sulfonamides is 1. The average molecular weight is 312 g/mol. The molecule has 0 aliphatic heterocycles. The third-order valence-corrected chi connectivity index (χ3v) is 4.31. The highest BCUT2D eigenvalue weighted by molar-refractivity contribution is 7.89. The highest BCUT2D eigenvalue weighted by Gasteiger charge is 2.12. The summed E-state index contributed by atoms with van der Waals surface area (Å²) in [5.41, 5.74) is 1.44. The number of nitrogens with two attached hydrogens (primary N) is 1. The number of rotatable bonds is 3. The van der Waals surface area contributed by atoms with Crippen LogP contribution in [0.25, 0.3) is 0 Å². The van der Waals surface area contributed by atoms with Gasteiger partial charge in [-0.3, -0.25) is 0 Å². The summed E-state index contributed by atoms with van der Waals surface area (Å²) in [6, 6.07) is 9.93. The van der Waals surface area contributed by atoms with Gasteiger partial charge in [-0.2, -0.15) is 0 Å². The molecule has 0 aliphatic carbocycles. The Kier molecular flexibility index (Phi) is 4.04. The first-order valence-electron chi connectivity index (χ1n) is 5.85. The largest absolute Gasteiger partial charge is 0.457 e. The Morgan fingerprint density at radius 1 is 1.00 bits per heavy atom. The monoisotopic (exact) mass is 311 g/mol. The van der Waals surface area contributed by atoms with E-state index < -0.39 is 10.0 Å². The standard InChI is InChI=1S/C14H14ClNO3S/c1-9-7-11(3-5-13(9)15)19-12-4-6-14(10(2)8-12)20(16,17)18/h3-8H,1-2H3,(H2,16,17,18). The molecule has 0 spiro atoms. The van der Waals surface area contributed by atoms with E-state index in [0.29, 0.717) is 22.1 Å². The second kappa shape index (κ2) is 5.44. The number of ether oxygens (including phenoxy) is 1. The van der Waals surface area contributed by atoms with Crippen LogP contribution in [0.15, 0.2) is 41.3 Å². The lowest BCUT2D eigenvalue weighted by molar-refractivity contribution is 0.481. The Morgan fingerprint density at radius 3 is 2.05 bits per heavy atom. The molecule has 0 heterocycles. The number of benzene rings is 2. The van der Waals surface area contributed by atoms with Gasteiger partial charge in [0.2, 0.25) is 10.0 Å². The van der Waals surface area contributed by atoms with Crippen molar-refractivity contribution in [3.05, 3.63) is 52.5 Å². The fourth-order valence-electron chi connectivity index (χ4n) is 1.82. The zero-order valence-corrected chi connectivity index (χ0v) is 12.6.